The van der Waals surface area contributed by atoms with E-state index in [-0.39, 0.29) is 5.60 Å². The molecule has 1 aromatic heterocycles. The lowest BCUT2D eigenvalue weighted by Crippen LogP contribution is -2.43. The first-order chi connectivity index (χ1) is 10.1. The summed E-state index contributed by atoms with van der Waals surface area (Å²) >= 11 is 1.82. The Labute approximate surface area is 131 Å². The molecule has 1 saturated heterocycles. The van der Waals surface area contributed by atoms with Gasteiger partial charge in [-0.05, 0) is 42.7 Å². The van der Waals surface area contributed by atoms with Crippen molar-refractivity contribution in [2.24, 2.45) is 16.6 Å². The van der Waals surface area contributed by atoms with E-state index in [0.717, 1.165) is 32.0 Å². The van der Waals surface area contributed by atoms with Crippen LogP contribution in [0.5, 0.6) is 0 Å². The summed E-state index contributed by atoms with van der Waals surface area (Å²) in [5.74, 6) is 1.48. The van der Waals surface area contributed by atoms with E-state index in [1.165, 1.54) is 23.3 Å². The first-order valence-corrected chi connectivity index (χ1v) is 8.72. The van der Waals surface area contributed by atoms with E-state index < -0.39 is 0 Å². The molecule has 116 valence electrons. The Morgan fingerprint density at radius 3 is 3.05 bits per heavy atom. The van der Waals surface area contributed by atoms with Gasteiger partial charge in [0.15, 0.2) is 5.96 Å². The first kappa shape index (κ1) is 14.9. The lowest BCUT2D eigenvalue weighted by Gasteiger charge is -2.34. The van der Waals surface area contributed by atoms with Crippen LogP contribution in [0.4, 0.5) is 0 Å². The van der Waals surface area contributed by atoms with Crippen LogP contribution in [0.3, 0.4) is 0 Å². The average Bonchev–Trinajstić information content (AvgIpc) is 2.96. The molecule has 0 bridgehead atoms. The quantitative estimate of drug-likeness (QED) is 0.675. The maximum Gasteiger partial charge on any atom is 0.191 e. The fourth-order valence-corrected chi connectivity index (χ4v) is 4.13. The highest BCUT2D eigenvalue weighted by Gasteiger charge is 2.34. The maximum atomic E-state index is 6.19. The second-order valence-corrected chi connectivity index (χ2v) is 7.43. The van der Waals surface area contributed by atoms with Crippen molar-refractivity contribution < 1.29 is 4.74 Å². The van der Waals surface area contributed by atoms with Gasteiger partial charge in [-0.15, -0.1) is 11.3 Å². The fraction of sp³-hybridized carbons (Fsp3) is 0.688. The van der Waals surface area contributed by atoms with Crippen LogP contribution >= 0.6 is 11.3 Å². The molecule has 2 N–H and O–H groups in total. The number of likely N-dealkylation sites (tertiary alicyclic amines) is 1. The smallest absolute Gasteiger partial charge is 0.191 e. The molecule has 2 aliphatic rings. The first-order valence-electron chi connectivity index (χ1n) is 7.84. The zero-order valence-corrected chi connectivity index (χ0v) is 13.8. The number of nitrogens with zero attached hydrogens (tertiary/aromatic N) is 2. The van der Waals surface area contributed by atoms with Crippen molar-refractivity contribution in [3.05, 3.63) is 21.9 Å². The fourth-order valence-electron chi connectivity index (χ4n) is 3.15. The Hall–Kier alpha value is -1.07. The molecular formula is C16H25N3OS. The number of nitrogens with two attached hydrogens (primary N) is 1. The van der Waals surface area contributed by atoms with Crippen LogP contribution in [0, 0.1) is 5.92 Å². The number of fused-ring (bicyclic) bond motifs is 1. The third-order valence-electron chi connectivity index (χ3n) is 4.72. The summed E-state index contributed by atoms with van der Waals surface area (Å²) in [6.45, 7) is 7.87. The van der Waals surface area contributed by atoms with E-state index in [9.17, 15) is 0 Å². The molecule has 0 radical (unpaired) electrons. The van der Waals surface area contributed by atoms with Crippen molar-refractivity contribution in [2.75, 3.05) is 26.2 Å². The van der Waals surface area contributed by atoms with Gasteiger partial charge in [-0.25, -0.2) is 4.99 Å². The Kier molecular flexibility index (Phi) is 4.22. The van der Waals surface area contributed by atoms with Gasteiger partial charge in [0.1, 0.15) is 5.60 Å². The Bertz CT molecular complexity index is 519. The number of ether oxygens (including phenoxy) is 1. The predicted molar refractivity (Wildman–Crippen MR) is 87.8 cm³/mol. The number of hydrogen-bond donors (Lipinski definition) is 1. The van der Waals surface area contributed by atoms with E-state index in [0.29, 0.717) is 12.5 Å². The lowest BCUT2D eigenvalue weighted by atomic mass is 9.93. The third kappa shape index (κ3) is 3.09. The molecule has 3 rings (SSSR count). The molecule has 0 saturated carbocycles. The summed E-state index contributed by atoms with van der Waals surface area (Å²) in [5, 5.41) is 2.15. The Morgan fingerprint density at radius 2 is 2.29 bits per heavy atom. The molecule has 0 amide bonds. The summed E-state index contributed by atoms with van der Waals surface area (Å²) in [6, 6.07) is 2.17. The number of guanidine groups is 1. The van der Waals surface area contributed by atoms with E-state index in [1.54, 1.807) is 0 Å². The molecule has 0 aromatic carbocycles. The van der Waals surface area contributed by atoms with E-state index in [4.69, 9.17) is 10.5 Å². The predicted octanol–water partition coefficient (Wildman–Crippen LogP) is 2.58. The van der Waals surface area contributed by atoms with Gasteiger partial charge >= 0.3 is 0 Å². The van der Waals surface area contributed by atoms with Crippen molar-refractivity contribution in [1.82, 2.24) is 4.90 Å². The third-order valence-corrected chi connectivity index (χ3v) is 5.70. The minimum atomic E-state index is -0.318. The van der Waals surface area contributed by atoms with Gasteiger partial charge in [-0.2, -0.15) is 0 Å². The molecule has 0 spiro atoms. The normalized spacial score (nSPS) is 27.7. The zero-order valence-electron chi connectivity index (χ0n) is 13.0. The van der Waals surface area contributed by atoms with Crippen LogP contribution in [0.25, 0.3) is 0 Å². The second-order valence-electron chi connectivity index (χ2n) is 6.43. The van der Waals surface area contributed by atoms with Crippen LogP contribution in [-0.4, -0.2) is 37.1 Å². The molecule has 2 aliphatic heterocycles. The summed E-state index contributed by atoms with van der Waals surface area (Å²) in [6.07, 6.45) is 3.43. The molecule has 3 heterocycles. The molecule has 4 nitrogen and oxygen atoms in total. The maximum absolute atomic E-state index is 6.19. The molecule has 1 aromatic rings. The number of hydrogen-bond acceptors (Lipinski definition) is 3. The summed E-state index contributed by atoms with van der Waals surface area (Å²) in [4.78, 5) is 8.29. The lowest BCUT2D eigenvalue weighted by molar-refractivity contribution is -0.0376. The standard InChI is InChI=1S/C16H25N3OS/c1-12-3-7-19(8-4-12)15(17)18-11-16(2)13-6-10-21-14(13)5-9-20-16/h6,10,12H,3-5,7-9,11H2,1-2H3,(H2,17,18). The number of thiophene rings is 1. The number of rotatable bonds is 2. The molecule has 1 fully saturated rings. The van der Waals surface area contributed by atoms with Crippen LogP contribution in [0.2, 0.25) is 0 Å². The summed E-state index contributed by atoms with van der Waals surface area (Å²) in [7, 11) is 0. The van der Waals surface area contributed by atoms with Gasteiger partial charge in [-0.3, -0.25) is 0 Å². The molecular weight excluding hydrogens is 282 g/mol. The highest BCUT2D eigenvalue weighted by molar-refractivity contribution is 7.10. The van der Waals surface area contributed by atoms with Crippen LogP contribution in [0.15, 0.2) is 16.4 Å². The number of piperidine rings is 1. The van der Waals surface area contributed by atoms with Crippen LogP contribution in [0.1, 0.15) is 37.1 Å². The Morgan fingerprint density at radius 1 is 1.52 bits per heavy atom. The molecule has 21 heavy (non-hydrogen) atoms. The van der Waals surface area contributed by atoms with Gasteiger partial charge in [0, 0.05) is 24.4 Å². The zero-order chi connectivity index (χ0) is 14.9. The van der Waals surface area contributed by atoms with Crippen molar-refractivity contribution >= 4 is 17.3 Å². The van der Waals surface area contributed by atoms with Crippen molar-refractivity contribution in [1.29, 1.82) is 0 Å². The average molecular weight is 307 g/mol. The van der Waals surface area contributed by atoms with E-state index in [1.807, 2.05) is 11.3 Å². The minimum absolute atomic E-state index is 0.318. The van der Waals surface area contributed by atoms with Crippen LogP contribution < -0.4 is 5.73 Å². The van der Waals surface area contributed by atoms with Gasteiger partial charge < -0.3 is 15.4 Å². The van der Waals surface area contributed by atoms with Gasteiger partial charge in [-0.1, -0.05) is 6.92 Å². The van der Waals surface area contributed by atoms with E-state index >= 15 is 0 Å². The molecule has 0 aliphatic carbocycles. The molecule has 1 unspecified atom stereocenters. The van der Waals surface area contributed by atoms with Gasteiger partial charge in [0.25, 0.3) is 0 Å². The minimum Gasteiger partial charge on any atom is -0.370 e. The highest BCUT2D eigenvalue weighted by atomic mass is 32.1. The Balaban J connectivity index is 1.68. The van der Waals surface area contributed by atoms with Gasteiger partial charge in [0.05, 0.1) is 13.2 Å². The SMILES string of the molecule is CC1CCN(C(N)=NCC2(C)OCCc3sccc32)CC1. The number of aliphatic imine (C=N–C) groups is 1. The monoisotopic (exact) mass is 307 g/mol. The van der Waals surface area contributed by atoms with Crippen molar-refractivity contribution in [3.8, 4) is 0 Å². The largest absolute Gasteiger partial charge is 0.370 e. The second kappa shape index (κ2) is 5.97. The molecule has 5 heteroatoms. The van der Waals surface area contributed by atoms with Crippen LogP contribution in [-0.2, 0) is 16.8 Å². The highest BCUT2D eigenvalue weighted by Crippen LogP contribution is 2.36. The topological polar surface area (TPSA) is 50.8 Å². The summed E-state index contributed by atoms with van der Waals surface area (Å²) in [5.41, 5.74) is 7.16. The molecule has 1 atom stereocenters. The van der Waals surface area contributed by atoms with Crippen molar-refractivity contribution in [3.63, 3.8) is 0 Å². The van der Waals surface area contributed by atoms with Gasteiger partial charge in [0.2, 0.25) is 0 Å². The van der Waals surface area contributed by atoms with E-state index in [2.05, 4.69) is 35.2 Å². The summed E-state index contributed by atoms with van der Waals surface area (Å²) < 4.78 is 6.03. The van der Waals surface area contributed by atoms with Crippen molar-refractivity contribution in [2.45, 2.75) is 38.7 Å².